The topological polar surface area (TPSA) is 20.3 Å². The van der Waals surface area contributed by atoms with Crippen LogP contribution in [0.15, 0.2) is 48.5 Å². The molecule has 0 aliphatic carbocycles. The van der Waals surface area contributed by atoms with Crippen LogP contribution in [0.25, 0.3) is 0 Å². The van der Waals surface area contributed by atoms with Crippen LogP contribution in [-0.4, -0.2) is 23.8 Å². The predicted molar refractivity (Wildman–Crippen MR) is 81.3 cm³/mol. The molecule has 1 aliphatic rings. The fourth-order valence-corrected chi connectivity index (χ4v) is 3.02. The first-order chi connectivity index (χ1) is 9.66. The monoisotopic (exact) mass is 305 g/mol. The van der Waals surface area contributed by atoms with E-state index >= 15 is 0 Å². The summed E-state index contributed by atoms with van der Waals surface area (Å²) in [4.78, 5) is 13.4. The zero-order valence-corrected chi connectivity index (χ0v) is 12.2. The molecule has 0 saturated carbocycles. The maximum absolute atomic E-state index is 11.3. The van der Waals surface area contributed by atoms with E-state index in [4.69, 9.17) is 23.2 Å². The van der Waals surface area contributed by atoms with Crippen molar-refractivity contribution in [2.45, 2.75) is 6.04 Å². The van der Waals surface area contributed by atoms with E-state index in [2.05, 4.69) is 4.90 Å². The Balaban J connectivity index is 2.07. The summed E-state index contributed by atoms with van der Waals surface area (Å²) in [5.41, 5.74) is 1.96. The van der Waals surface area contributed by atoms with Gasteiger partial charge >= 0.3 is 0 Å². The van der Waals surface area contributed by atoms with Crippen LogP contribution >= 0.6 is 23.2 Å². The van der Waals surface area contributed by atoms with Gasteiger partial charge in [-0.25, -0.2) is 0 Å². The van der Waals surface area contributed by atoms with Gasteiger partial charge < -0.3 is 0 Å². The second-order valence-corrected chi connectivity index (χ2v) is 5.70. The molecule has 3 rings (SSSR count). The zero-order chi connectivity index (χ0) is 14.1. The summed E-state index contributed by atoms with van der Waals surface area (Å²) in [7, 11) is 0. The van der Waals surface area contributed by atoms with Gasteiger partial charge in [-0.3, -0.25) is 9.69 Å². The Kier molecular flexibility index (Phi) is 3.79. The number of halogens is 2. The van der Waals surface area contributed by atoms with Crippen molar-refractivity contribution in [2.24, 2.45) is 0 Å². The van der Waals surface area contributed by atoms with Crippen LogP contribution in [0.4, 0.5) is 0 Å². The van der Waals surface area contributed by atoms with E-state index in [-0.39, 0.29) is 11.8 Å². The summed E-state index contributed by atoms with van der Waals surface area (Å²) in [6, 6.07) is 15.3. The van der Waals surface area contributed by atoms with Crippen LogP contribution in [-0.2, 0) is 4.79 Å². The minimum Gasteiger partial charge on any atom is -0.297 e. The molecule has 1 heterocycles. The van der Waals surface area contributed by atoms with E-state index < -0.39 is 0 Å². The van der Waals surface area contributed by atoms with Gasteiger partial charge in [-0.05, 0) is 23.3 Å². The van der Waals surface area contributed by atoms with Crippen molar-refractivity contribution >= 4 is 29.0 Å². The molecule has 20 heavy (non-hydrogen) atoms. The normalized spacial score (nSPS) is 15.4. The van der Waals surface area contributed by atoms with Gasteiger partial charge in [0.15, 0.2) is 5.78 Å². The smallest absolute Gasteiger partial charge is 0.160 e. The molecule has 1 saturated heterocycles. The van der Waals surface area contributed by atoms with E-state index in [0.29, 0.717) is 23.1 Å². The highest BCUT2D eigenvalue weighted by Gasteiger charge is 2.34. The number of ketones is 1. The fraction of sp³-hybridized carbons (Fsp3) is 0.188. The fourth-order valence-electron chi connectivity index (χ4n) is 2.54. The van der Waals surface area contributed by atoms with E-state index in [1.54, 1.807) is 0 Å². The Morgan fingerprint density at radius 2 is 1.30 bits per heavy atom. The molecule has 0 unspecified atom stereocenters. The first-order valence-corrected chi connectivity index (χ1v) is 7.17. The van der Waals surface area contributed by atoms with Crippen molar-refractivity contribution in [1.29, 1.82) is 0 Å². The maximum Gasteiger partial charge on any atom is 0.160 e. The highest BCUT2D eigenvalue weighted by Crippen LogP contribution is 2.37. The number of hydrogen-bond acceptors (Lipinski definition) is 2. The average molecular weight is 306 g/mol. The Bertz CT molecular complexity index is 603. The van der Waals surface area contributed by atoms with Crippen molar-refractivity contribution in [1.82, 2.24) is 4.90 Å². The van der Waals surface area contributed by atoms with Gasteiger partial charge in [-0.1, -0.05) is 59.6 Å². The van der Waals surface area contributed by atoms with Crippen LogP contribution < -0.4 is 0 Å². The molecule has 0 amide bonds. The lowest BCUT2D eigenvalue weighted by Crippen LogP contribution is -2.49. The minimum atomic E-state index is -0.0740. The lowest BCUT2D eigenvalue weighted by Gasteiger charge is -2.38. The molecule has 0 radical (unpaired) electrons. The van der Waals surface area contributed by atoms with Crippen LogP contribution in [0, 0.1) is 0 Å². The van der Waals surface area contributed by atoms with Crippen molar-refractivity contribution in [3.05, 3.63) is 69.7 Å². The Morgan fingerprint density at radius 3 is 1.70 bits per heavy atom. The molecular weight excluding hydrogens is 293 g/mol. The molecule has 102 valence electrons. The van der Waals surface area contributed by atoms with E-state index in [9.17, 15) is 4.79 Å². The third-order valence-corrected chi connectivity index (χ3v) is 4.21. The first kappa shape index (κ1) is 13.6. The van der Waals surface area contributed by atoms with E-state index in [0.717, 1.165) is 11.1 Å². The highest BCUT2D eigenvalue weighted by atomic mass is 35.5. The number of Topliss-reactive ketones (excluding diaryl/α,β-unsaturated/α-hetero) is 1. The quantitative estimate of drug-likeness (QED) is 0.855. The molecule has 0 atom stereocenters. The van der Waals surface area contributed by atoms with Gasteiger partial charge in [0, 0.05) is 10.0 Å². The number of hydrogen-bond donors (Lipinski definition) is 0. The Morgan fingerprint density at radius 1 is 0.850 bits per heavy atom. The molecule has 2 aromatic carbocycles. The number of nitrogens with zero attached hydrogens (tertiary/aromatic N) is 1. The number of likely N-dealkylation sites (tertiary alicyclic amines) is 1. The van der Waals surface area contributed by atoms with Crippen LogP contribution in [0.1, 0.15) is 17.2 Å². The Labute approximate surface area is 127 Å². The standard InChI is InChI=1S/C16H13Cl2NO/c17-14-7-3-1-5-12(14)16(19-9-11(20)10-19)13-6-2-4-8-15(13)18/h1-8,16H,9-10H2. The molecular formula is C16H13Cl2NO. The molecule has 0 aromatic heterocycles. The van der Waals surface area contributed by atoms with Gasteiger partial charge in [-0.2, -0.15) is 0 Å². The first-order valence-electron chi connectivity index (χ1n) is 6.41. The second-order valence-electron chi connectivity index (χ2n) is 4.89. The predicted octanol–water partition coefficient (Wildman–Crippen LogP) is 3.97. The van der Waals surface area contributed by atoms with E-state index in [1.165, 1.54) is 0 Å². The molecule has 4 heteroatoms. The molecule has 1 aliphatic heterocycles. The van der Waals surface area contributed by atoms with Crippen molar-refractivity contribution in [3.63, 3.8) is 0 Å². The molecule has 2 aromatic rings. The van der Waals surface area contributed by atoms with Gasteiger partial charge in [0.2, 0.25) is 0 Å². The van der Waals surface area contributed by atoms with Gasteiger partial charge in [0.1, 0.15) is 0 Å². The zero-order valence-electron chi connectivity index (χ0n) is 10.7. The van der Waals surface area contributed by atoms with Crippen LogP contribution in [0.2, 0.25) is 10.0 Å². The largest absolute Gasteiger partial charge is 0.297 e. The molecule has 2 nitrogen and oxygen atoms in total. The maximum atomic E-state index is 11.3. The third-order valence-electron chi connectivity index (χ3n) is 3.52. The molecule has 0 spiro atoms. The molecule has 0 N–H and O–H groups in total. The second kappa shape index (κ2) is 5.57. The molecule has 1 fully saturated rings. The average Bonchev–Trinajstić information content (AvgIpc) is 2.41. The van der Waals surface area contributed by atoms with Crippen LogP contribution in [0.5, 0.6) is 0 Å². The number of rotatable bonds is 3. The summed E-state index contributed by atoms with van der Waals surface area (Å²) >= 11 is 12.7. The summed E-state index contributed by atoms with van der Waals surface area (Å²) in [5, 5.41) is 1.38. The SMILES string of the molecule is O=C1CN(C(c2ccccc2Cl)c2ccccc2Cl)C1. The van der Waals surface area contributed by atoms with Crippen molar-refractivity contribution in [2.75, 3.05) is 13.1 Å². The summed E-state index contributed by atoms with van der Waals surface area (Å²) < 4.78 is 0. The highest BCUT2D eigenvalue weighted by molar-refractivity contribution is 6.32. The lowest BCUT2D eigenvalue weighted by atomic mass is 9.94. The number of carbonyl (C=O) groups excluding carboxylic acids is 1. The number of benzene rings is 2. The van der Waals surface area contributed by atoms with Crippen molar-refractivity contribution < 1.29 is 4.79 Å². The van der Waals surface area contributed by atoms with Gasteiger partial charge in [0.25, 0.3) is 0 Å². The third kappa shape index (κ3) is 2.47. The summed E-state index contributed by atoms with van der Waals surface area (Å²) in [6.45, 7) is 0.891. The van der Waals surface area contributed by atoms with Gasteiger partial charge in [0.05, 0.1) is 19.1 Å². The minimum absolute atomic E-state index is 0.0740. The van der Waals surface area contributed by atoms with E-state index in [1.807, 2.05) is 48.5 Å². The van der Waals surface area contributed by atoms with Crippen LogP contribution in [0.3, 0.4) is 0 Å². The number of carbonyl (C=O) groups is 1. The van der Waals surface area contributed by atoms with Crippen molar-refractivity contribution in [3.8, 4) is 0 Å². The molecule has 0 bridgehead atoms. The summed E-state index contributed by atoms with van der Waals surface area (Å²) in [5.74, 6) is 0.245. The lowest BCUT2D eigenvalue weighted by molar-refractivity contribution is -0.130. The van der Waals surface area contributed by atoms with Gasteiger partial charge in [-0.15, -0.1) is 0 Å². The Hall–Kier alpha value is -1.35. The summed E-state index contributed by atoms with van der Waals surface area (Å²) in [6.07, 6.45) is 0.